The van der Waals surface area contributed by atoms with E-state index in [0.717, 1.165) is 5.57 Å². The summed E-state index contributed by atoms with van der Waals surface area (Å²) in [7, 11) is 0. The molecule has 0 spiro atoms. The summed E-state index contributed by atoms with van der Waals surface area (Å²) in [6.45, 7) is 25.9. The minimum atomic E-state index is 0.133. The van der Waals surface area contributed by atoms with Gasteiger partial charge in [0.1, 0.15) is 0 Å². The molecule has 0 heteroatoms. The van der Waals surface area contributed by atoms with Crippen LogP contribution in [0.1, 0.15) is 66.5 Å². The molecule has 24 heavy (non-hydrogen) atoms. The highest BCUT2D eigenvalue weighted by atomic mass is 14.2. The summed E-state index contributed by atoms with van der Waals surface area (Å²) in [5, 5.41) is 0. The maximum atomic E-state index is 3.99. The van der Waals surface area contributed by atoms with Crippen molar-refractivity contribution in [2.24, 2.45) is 5.41 Å². The number of hydrogen-bond acceptors (Lipinski definition) is 0. The number of allylic oxidation sites excluding steroid dienone is 6. The molecule has 0 aromatic heterocycles. The molecule has 0 saturated heterocycles. The molecular formula is C24H34. The SMILES string of the molecule is C=CC(C=C)=C(/C(C)=C(\C)C(C)(C)C)c1ccc(C(C)(C)C)cc1. The molecule has 0 N–H and O–H groups in total. The average Bonchev–Trinajstić information content (AvgIpc) is 2.49. The highest BCUT2D eigenvalue weighted by molar-refractivity contribution is 5.85. The molecule has 0 radical (unpaired) electrons. The van der Waals surface area contributed by atoms with Gasteiger partial charge in [0.15, 0.2) is 0 Å². The van der Waals surface area contributed by atoms with Crippen molar-refractivity contribution in [1.82, 2.24) is 0 Å². The quantitative estimate of drug-likeness (QED) is 0.504. The van der Waals surface area contributed by atoms with E-state index in [9.17, 15) is 0 Å². The van der Waals surface area contributed by atoms with Gasteiger partial charge in [-0.1, -0.05) is 96.7 Å². The van der Waals surface area contributed by atoms with Crippen molar-refractivity contribution in [2.75, 3.05) is 0 Å². The molecule has 0 nitrogen and oxygen atoms in total. The van der Waals surface area contributed by atoms with Gasteiger partial charge in [-0.05, 0) is 52.5 Å². The van der Waals surface area contributed by atoms with Crippen LogP contribution in [-0.2, 0) is 5.41 Å². The lowest BCUT2D eigenvalue weighted by Gasteiger charge is -2.25. The van der Waals surface area contributed by atoms with Gasteiger partial charge in [-0.25, -0.2) is 0 Å². The minimum Gasteiger partial charge on any atom is -0.0984 e. The molecule has 0 fully saturated rings. The Morgan fingerprint density at radius 3 is 1.62 bits per heavy atom. The normalized spacial score (nSPS) is 13.2. The Hall–Kier alpha value is -1.82. The van der Waals surface area contributed by atoms with E-state index in [0.29, 0.717) is 0 Å². The van der Waals surface area contributed by atoms with Crippen molar-refractivity contribution in [3.63, 3.8) is 0 Å². The topological polar surface area (TPSA) is 0 Å². The summed E-state index contributed by atoms with van der Waals surface area (Å²) in [5.74, 6) is 0. The fraction of sp³-hybridized carbons (Fsp3) is 0.417. The van der Waals surface area contributed by atoms with Crippen LogP contribution in [0.4, 0.5) is 0 Å². The Bertz CT molecular complexity index is 652. The summed E-state index contributed by atoms with van der Waals surface area (Å²) in [4.78, 5) is 0. The molecule has 0 amide bonds. The van der Waals surface area contributed by atoms with Crippen LogP contribution in [0.2, 0.25) is 0 Å². The molecule has 0 saturated carbocycles. The number of benzene rings is 1. The second-order valence-electron chi connectivity index (χ2n) is 8.57. The standard InChI is InChI=1S/C24H34/c1-11-19(12-2)22(17(3)18(4)23(5,6)7)20-13-15-21(16-14-20)24(8,9)10/h11-16H,1-2H2,3-10H3/b18-17+. The first-order chi connectivity index (χ1) is 10.9. The largest absolute Gasteiger partial charge is 0.0984 e. The van der Waals surface area contributed by atoms with Gasteiger partial charge in [0, 0.05) is 0 Å². The fourth-order valence-electron chi connectivity index (χ4n) is 2.77. The predicted molar refractivity (Wildman–Crippen MR) is 110 cm³/mol. The first kappa shape index (κ1) is 20.2. The first-order valence-corrected chi connectivity index (χ1v) is 8.72. The number of hydrogen-bond donors (Lipinski definition) is 0. The van der Waals surface area contributed by atoms with Crippen molar-refractivity contribution < 1.29 is 0 Å². The van der Waals surface area contributed by atoms with Gasteiger partial charge < -0.3 is 0 Å². The van der Waals surface area contributed by atoms with Crippen LogP contribution in [0, 0.1) is 5.41 Å². The van der Waals surface area contributed by atoms with Crippen LogP contribution in [-0.4, -0.2) is 0 Å². The van der Waals surface area contributed by atoms with Crippen molar-refractivity contribution >= 4 is 5.57 Å². The zero-order valence-corrected chi connectivity index (χ0v) is 16.9. The molecule has 0 atom stereocenters. The van der Waals surface area contributed by atoms with E-state index in [1.807, 2.05) is 12.2 Å². The molecule has 0 aliphatic carbocycles. The van der Waals surface area contributed by atoms with E-state index in [4.69, 9.17) is 0 Å². The van der Waals surface area contributed by atoms with Crippen LogP contribution in [0.3, 0.4) is 0 Å². The van der Waals surface area contributed by atoms with Gasteiger partial charge in [-0.15, -0.1) is 0 Å². The molecule has 0 heterocycles. The Morgan fingerprint density at radius 2 is 1.29 bits per heavy atom. The summed E-state index contributed by atoms with van der Waals surface area (Å²) in [5.41, 5.74) is 7.87. The summed E-state index contributed by atoms with van der Waals surface area (Å²) >= 11 is 0. The Balaban J connectivity index is 3.62. The fourth-order valence-corrected chi connectivity index (χ4v) is 2.77. The van der Waals surface area contributed by atoms with E-state index < -0.39 is 0 Å². The third kappa shape index (κ3) is 4.60. The minimum absolute atomic E-state index is 0.133. The lowest BCUT2D eigenvalue weighted by atomic mass is 9.80. The smallest absolute Gasteiger partial charge is 0.00829 e. The van der Waals surface area contributed by atoms with Crippen molar-refractivity contribution in [3.05, 3.63) is 77.4 Å². The molecule has 130 valence electrons. The van der Waals surface area contributed by atoms with Crippen LogP contribution < -0.4 is 0 Å². The van der Waals surface area contributed by atoms with E-state index in [1.165, 1.54) is 27.8 Å². The number of rotatable bonds is 4. The van der Waals surface area contributed by atoms with E-state index in [2.05, 4.69) is 92.8 Å². The molecule has 0 bridgehead atoms. The highest BCUT2D eigenvalue weighted by Crippen LogP contribution is 2.36. The highest BCUT2D eigenvalue weighted by Gasteiger charge is 2.19. The molecule has 1 aromatic carbocycles. The lowest BCUT2D eigenvalue weighted by Crippen LogP contribution is -2.11. The maximum Gasteiger partial charge on any atom is -0.00829 e. The van der Waals surface area contributed by atoms with Crippen LogP contribution >= 0.6 is 0 Å². The second-order valence-corrected chi connectivity index (χ2v) is 8.57. The Morgan fingerprint density at radius 1 is 0.833 bits per heavy atom. The van der Waals surface area contributed by atoms with Crippen molar-refractivity contribution in [1.29, 1.82) is 0 Å². The molecule has 0 aliphatic rings. The zero-order valence-electron chi connectivity index (χ0n) is 16.9. The van der Waals surface area contributed by atoms with Crippen LogP contribution in [0.15, 0.2) is 66.3 Å². The van der Waals surface area contributed by atoms with E-state index in [1.54, 1.807) is 0 Å². The van der Waals surface area contributed by atoms with E-state index >= 15 is 0 Å². The predicted octanol–water partition coefficient (Wildman–Crippen LogP) is 7.49. The summed E-state index contributed by atoms with van der Waals surface area (Å²) in [6, 6.07) is 8.92. The van der Waals surface area contributed by atoms with Gasteiger partial charge in [0.05, 0.1) is 0 Å². The van der Waals surface area contributed by atoms with Crippen LogP contribution in [0.25, 0.3) is 5.57 Å². The van der Waals surface area contributed by atoms with Crippen molar-refractivity contribution in [2.45, 2.75) is 60.8 Å². The summed E-state index contributed by atoms with van der Waals surface area (Å²) < 4.78 is 0. The molecule has 0 aliphatic heterocycles. The molecular weight excluding hydrogens is 288 g/mol. The molecule has 0 unspecified atom stereocenters. The Labute approximate surface area is 149 Å². The average molecular weight is 323 g/mol. The molecule has 1 rings (SSSR count). The van der Waals surface area contributed by atoms with Crippen molar-refractivity contribution in [3.8, 4) is 0 Å². The zero-order chi connectivity index (χ0) is 18.7. The monoisotopic (exact) mass is 322 g/mol. The van der Waals surface area contributed by atoms with Gasteiger partial charge in [-0.3, -0.25) is 0 Å². The van der Waals surface area contributed by atoms with Gasteiger partial charge >= 0.3 is 0 Å². The van der Waals surface area contributed by atoms with Gasteiger partial charge in [0.2, 0.25) is 0 Å². The van der Waals surface area contributed by atoms with Gasteiger partial charge in [-0.2, -0.15) is 0 Å². The van der Waals surface area contributed by atoms with Gasteiger partial charge in [0.25, 0.3) is 0 Å². The Kier molecular flexibility index (Phi) is 6.22. The third-order valence-corrected chi connectivity index (χ3v) is 4.83. The lowest BCUT2D eigenvalue weighted by molar-refractivity contribution is 0.500. The van der Waals surface area contributed by atoms with E-state index in [-0.39, 0.29) is 10.8 Å². The summed E-state index contributed by atoms with van der Waals surface area (Å²) in [6.07, 6.45) is 3.80. The first-order valence-electron chi connectivity index (χ1n) is 8.72. The maximum absolute atomic E-state index is 3.99. The second kappa shape index (κ2) is 7.38. The molecule has 1 aromatic rings. The van der Waals surface area contributed by atoms with Crippen LogP contribution in [0.5, 0.6) is 0 Å². The third-order valence-electron chi connectivity index (χ3n) is 4.83.